The average molecular weight is 396 g/mol. The second-order valence-electron chi connectivity index (χ2n) is 7.32. The highest BCUT2D eigenvalue weighted by Gasteiger charge is 2.33. The first-order valence-corrected chi connectivity index (χ1v) is 11.2. The number of morpholine rings is 1. The number of para-hydroxylation sites is 1. The summed E-state index contributed by atoms with van der Waals surface area (Å²) in [5, 5.41) is 0. The molecule has 27 heavy (non-hydrogen) atoms. The first-order chi connectivity index (χ1) is 12.9. The van der Waals surface area contributed by atoms with Crippen molar-refractivity contribution in [3.05, 3.63) is 30.3 Å². The van der Waals surface area contributed by atoms with Gasteiger partial charge in [0.25, 0.3) is 0 Å². The van der Waals surface area contributed by atoms with E-state index < -0.39 is 10.0 Å². The Morgan fingerprint density at radius 1 is 1.07 bits per heavy atom. The average Bonchev–Trinajstić information content (AvgIpc) is 2.67. The van der Waals surface area contributed by atoms with E-state index in [-0.39, 0.29) is 30.2 Å². The largest absolute Gasteiger partial charge is 0.379 e. The SMILES string of the molecule is CC1CN(C(=O)CCS(=O)(=O)N2CCOCC2)CC(C)N1c1ccccc1. The third kappa shape index (κ3) is 4.80. The third-order valence-electron chi connectivity index (χ3n) is 5.26. The van der Waals surface area contributed by atoms with Crippen LogP contribution in [0.3, 0.4) is 0 Å². The van der Waals surface area contributed by atoms with Crippen molar-refractivity contribution in [2.75, 3.05) is 50.0 Å². The monoisotopic (exact) mass is 395 g/mol. The second kappa shape index (κ2) is 8.58. The van der Waals surface area contributed by atoms with Crippen LogP contribution in [0.1, 0.15) is 20.3 Å². The molecule has 0 N–H and O–H groups in total. The molecule has 2 aliphatic rings. The zero-order valence-corrected chi connectivity index (χ0v) is 16.9. The molecule has 2 unspecified atom stereocenters. The molecule has 2 fully saturated rings. The van der Waals surface area contributed by atoms with Crippen LogP contribution in [0, 0.1) is 0 Å². The second-order valence-corrected chi connectivity index (χ2v) is 9.41. The van der Waals surface area contributed by atoms with Crippen molar-refractivity contribution in [2.45, 2.75) is 32.4 Å². The number of hydrogen-bond donors (Lipinski definition) is 0. The number of rotatable bonds is 5. The molecular formula is C19H29N3O4S. The Morgan fingerprint density at radius 2 is 1.67 bits per heavy atom. The lowest BCUT2D eigenvalue weighted by Crippen LogP contribution is -2.58. The molecule has 0 bridgehead atoms. The van der Waals surface area contributed by atoms with E-state index in [2.05, 4.69) is 30.9 Å². The first kappa shape index (κ1) is 20.1. The van der Waals surface area contributed by atoms with E-state index >= 15 is 0 Å². The highest BCUT2D eigenvalue weighted by molar-refractivity contribution is 7.89. The number of carbonyl (C=O) groups is 1. The highest BCUT2D eigenvalue weighted by Crippen LogP contribution is 2.24. The molecule has 2 aliphatic heterocycles. The fourth-order valence-corrected chi connectivity index (χ4v) is 5.36. The standard InChI is InChI=1S/C19H29N3O4S/c1-16-14-20(15-17(2)22(16)18-6-4-3-5-7-18)19(23)8-13-27(24,25)21-9-11-26-12-10-21/h3-7,16-17H,8-15H2,1-2H3. The van der Waals surface area contributed by atoms with Gasteiger partial charge in [0.15, 0.2) is 0 Å². The van der Waals surface area contributed by atoms with Gasteiger partial charge < -0.3 is 14.5 Å². The van der Waals surface area contributed by atoms with Crippen LogP contribution in [0.5, 0.6) is 0 Å². The molecule has 7 nitrogen and oxygen atoms in total. The highest BCUT2D eigenvalue weighted by atomic mass is 32.2. The summed E-state index contributed by atoms with van der Waals surface area (Å²) in [5.41, 5.74) is 1.15. The van der Waals surface area contributed by atoms with Crippen molar-refractivity contribution in [3.63, 3.8) is 0 Å². The van der Waals surface area contributed by atoms with E-state index in [0.29, 0.717) is 39.4 Å². The first-order valence-electron chi connectivity index (χ1n) is 9.55. The zero-order chi connectivity index (χ0) is 19.4. The molecule has 0 spiro atoms. The molecule has 2 heterocycles. The van der Waals surface area contributed by atoms with Gasteiger partial charge in [-0.2, -0.15) is 4.31 Å². The number of anilines is 1. The van der Waals surface area contributed by atoms with Gasteiger partial charge in [-0.25, -0.2) is 8.42 Å². The van der Waals surface area contributed by atoms with Gasteiger partial charge in [-0.3, -0.25) is 4.79 Å². The maximum absolute atomic E-state index is 12.7. The predicted molar refractivity (Wildman–Crippen MR) is 105 cm³/mol. The third-order valence-corrected chi connectivity index (χ3v) is 7.14. The summed E-state index contributed by atoms with van der Waals surface area (Å²) in [4.78, 5) is 16.8. The fraction of sp³-hybridized carbons (Fsp3) is 0.632. The number of sulfonamides is 1. The number of nitrogens with zero attached hydrogens (tertiary/aromatic N) is 3. The molecule has 1 aromatic carbocycles. The summed E-state index contributed by atoms with van der Waals surface area (Å²) in [7, 11) is -3.40. The molecule has 2 saturated heterocycles. The van der Waals surface area contributed by atoms with Crippen LogP contribution in [-0.2, 0) is 19.6 Å². The van der Waals surface area contributed by atoms with E-state index in [9.17, 15) is 13.2 Å². The van der Waals surface area contributed by atoms with Crippen LogP contribution in [0.25, 0.3) is 0 Å². The molecule has 1 amide bonds. The Labute approximate surface area is 161 Å². The Kier molecular flexibility index (Phi) is 6.39. The number of piperazine rings is 1. The van der Waals surface area contributed by atoms with Crippen molar-refractivity contribution < 1.29 is 17.9 Å². The number of hydrogen-bond acceptors (Lipinski definition) is 5. The maximum atomic E-state index is 12.7. The molecule has 3 rings (SSSR count). The molecule has 1 aromatic rings. The normalized spacial score (nSPS) is 24.8. The van der Waals surface area contributed by atoms with Crippen LogP contribution in [0.2, 0.25) is 0 Å². The fourth-order valence-electron chi connectivity index (χ4n) is 3.96. The summed E-state index contributed by atoms with van der Waals surface area (Å²) in [6.07, 6.45) is 0.0322. The lowest BCUT2D eigenvalue weighted by atomic mass is 10.1. The molecule has 0 aromatic heterocycles. The van der Waals surface area contributed by atoms with Crippen LogP contribution in [-0.4, -0.2) is 80.8 Å². The van der Waals surface area contributed by atoms with Gasteiger partial charge in [-0.1, -0.05) is 18.2 Å². The van der Waals surface area contributed by atoms with Crippen LogP contribution >= 0.6 is 0 Å². The molecule has 2 atom stereocenters. The molecule has 0 saturated carbocycles. The van der Waals surface area contributed by atoms with E-state index in [4.69, 9.17) is 4.74 Å². The topological polar surface area (TPSA) is 70.2 Å². The van der Waals surface area contributed by atoms with Crippen molar-refractivity contribution in [1.82, 2.24) is 9.21 Å². The molecular weight excluding hydrogens is 366 g/mol. The minimum atomic E-state index is -3.40. The predicted octanol–water partition coefficient (Wildman–Crippen LogP) is 1.16. The van der Waals surface area contributed by atoms with Crippen molar-refractivity contribution in [1.29, 1.82) is 0 Å². The summed E-state index contributed by atoms with van der Waals surface area (Å²) < 4.78 is 31.5. The van der Waals surface area contributed by atoms with Crippen molar-refractivity contribution in [3.8, 4) is 0 Å². The number of amides is 1. The van der Waals surface area contributed by atoms with Gasteiger partial charge >= 0.3 is 0 Å². The Hall–Kier alpha value is -1.64. The summed E-state index contributed by atoms with van der Waals surface area (Å²) in [5.74, 6) is -0.216. The van der Waals surface area contributed by atoms with Gasteiger partial charge in [0.05, 0.1) is 19.0 Å². The summed E-state index contributed by atoms with van der Waals surface area (Å²) in [6, 6.07) is 10.5. The molecule has 0 radical (unpaired) electrons. The van der Waals surface area contributed by atoms with Gasteiger partial charge in [-0.05, 0) is 26.0 Å². The zero-order valence-electron chi connectivity index (χ0n) is 16.1. The molecule has 0 aliphatic carbocycles. The lowest BCUT2D eigenvalue weighted by molar-refractivity contribution is -0.132. The van der Waals surface area contributed by atoms with Crippen LogP contribution in [0.15, 0.2) is 30.3 Å². The minimum Gasteiger partial charge on any atom is -0.379 e. The maximum Gasteiger partial charge on any atom is 0.223 e. The Balaban J connectivity index is 1.57. The van der Waals surface area contributed by atoms with Gasteiger partial charge in [0.1, 0.15) is 0 Å². The number of ether oxygens (including phenoxy) is 1. The smallest absolute Gasteiger partial charge is 0.223 e. The number of benzene rings is 1. The van der Waals surface area contributed by atoms with Crippen LogP contribution in [0.4, 0.5) is 5.69 Å². The van der Waals surface area contributed by atoms with E-state index in [1.54, 1.807) is 0 Å². The Bertz CT molecular complexity index is 723. The van der Waals surface area contributed by atoms with Crippen molar-refractivity contribution in [2.24, 2.45) is 0 Å². The van der Waals surface area contributed by atoms with Gasteiger partial charge in [0.2, 0.25) is 15.9 Å². The summed E-state index contributed by atoms with van der Waals surface area (Å²) >= 11 is 0. The van der Waals surface area contributed by atoms with Gasteiger partial charge in [-0.15, -0.1) is 0 Å². The quantitative estimate of drug-likeness (QED) is 0.748. The van der Waals surface area contributed by atoms with E-state index in [0.717, 1.165) is 5.69 Å². The van der Waals surface area contributed by atoms with Crippen LogP contribution < -0.4 is 4.90 Å². The van der Waals surface area contributed by atoms with Crippen molar-refractivity contribution >= 4 is 21.6 Å². The lowest BCUT2D eigenvalue weighted by Gasteiger charge is -2.46. The van der Waals surface area contributed by atoms with E-state index in [1.807, 2.05) is 23.1 Å². The minimum absolute atomic E-state index is 0.0322. The van der Waals surface area contributed by atoms with E-state index in [1.165, 1.54) is 4.31 Å². The molecule has 8 heteroatoms. The number of carbonyl (C=O) groups excluding carboxylic acids is 1. The van der Waals surface area contributed by atoms with Gasteiger partial charge in [0, 0.05) is 50.4 Å². The molecule has 150 valence electrons. The Morgan fingerprint density at radius 3 is 2.26 bits per heavy atom. The summed E-state index contributed by atoms with van der Waals surface area (Å²) in [6.45, 7) is 7.01.